The highest BCUT2D eigenvalue weighted by Gasteiger charge is 2.24. The van der Waals surface area contributed by atoms with E-state index in [1.165, 1.54) is 18.4 Å². The van der Waals surface area contributed by atoms with E-state index < -0.39 is 0 Å². The molecule has 1 aromatic carbocycles. The van der Waals surface area contributed by atoms with Crippen molar-refractivity contribution in [2.75, 3.05) is 32.1 Å². The van der Waals surface area contributed by atoms with Gasteiger partial charge in [-0.25, -0.2) is 0 Å². The van der Waals surface area contributed by atoms with Crippen molar-refractivity contribution < 1.29 is 9.47 Å². The average molecular weight is 375 g/mol. The lowest BCUT2D eigenvalue weighted by Gasteiger charge is -2.32. The van der Waals surface area contributed by atoms with Crippen LogP contribution in [0.25, 0.3) is 0 Å². The molecule has 4 nitrogen and oxygen atoms in total. The Bertz CT molecular complexity index is 641. The molecule has 1 saturated heterocycles. The summed E-state index contributed by atoms with van der Waals surface area (Å²) in [5, 5.41) is 4.19. The fourth-order valence-corrected chi connectivity index (χ4v) is 3.98. The number of methoxy groups -OCH3 is 1. The zero-order valence-corrected chi connectivity index (χ0v) is 16.7. The van der Waals surface area contributed by atoms with E-state index in [-0.39, 0.29) is 6.10 Å². The maximum absolute atomic E-state index is 5.87. The molecule has 0 aromatic heterocycles. The topological polar surface area (TPSA) is 33.7 Å². The molecular weight excluding hydrogens is 344 g/mol. The highest BCUT2D eigenvalue weighted by atomic mass is 32.1. The molecule has 1 aliphatic carbocycles. The molecule has 0 spiro atoms. The number of hydrogen-bond acceptors (Lipinski definition) is 3. The first-order chi connectivity index (χ1) is 12.7. The van der Waals surface area contributed by atoms with E-state index in [1.54, 1.807) is 7.11 Å². The average Bonchev–Trinajstić information content (AvgIpc) is 3.15. The first-order valence-electron chi connectivity index (χ1n) is 9.63. The lowest BCUT2D eigenvalue weighted by atomic mass is 9.94. The number of ether oxygens (including phenoxy) is 2. The van der Waals surface area contributed by atoms with Crippen LogP contribution in [0.15, 0.2) is 30.4 Å². The van der Waals surface area contributed by atoms with Gasteiger partial charge in [-0.3, -0.25) is 0 Å². The third-order valence-corrected chi connectivity index (χ3v) is 5.55. The van der Waals surface area contributed by atoms with Gasteiger partial charge in [-0.05, 0) is 74.9 Å². The Morgan fingerprint density at radius 3 is 2.88 bits per heavy atom. The minimum absolute atomic E-state index is 0.285. The van der Waals surface area contributed by atoms with Crippen molar-refractivity contribution in [2.24, 2.45) is 5.92 Å². The van der Waals surface area contributed by atoms with Crippen LogP contribution in [0.4, 0.5) is 5.69 Å². The Kier molecular flexibility index (Phi) is 6.92. The first-order valence-corrected chi connectivity index (χ1v) is 10.0. The molecule has 1 fully saturated rings. The smallest absolute Gasteiger partial charge is 0.173 e. The molecule has 2 aliphatic rings. The highest BCUT2D eigenvalue weighted by molar-refractivity contribution is 7.80. The number of hydrogen-bond donors (Lipinski definition) is 1. The van der Waals surface area contributed by atoms with Gasteiger partial charge in [-0.15, -0.1) is 0 Å². The Balaban J connectivity index is 1.70. The molecule has 0 amide bonds. The third kappa shape index (κ3) is 5.21. The summed E-state index contributed by atoms with van der Waals surface area (Å²) in [5.41, 5.74) is 2.11. The van der Waals surface area contributed by atoms with Crippen molar-refractivity contribution in [3.05, 3.63) is 35.9 Å². The molecule has 1 aliphatic heterocycles. The summed E-state index contributed by atoms with van der Waals surface area (Å²) in [6, 6.07) is 6.11. The molecule has 2 unspecified atom stereocenters. The number of rotatable bonds is 6. The summed E-state index contributed by atoms with van der Waals surface area (Å²) >= 11 is 5.80. The van der Waals surface area contributed by atoms with E-state index in [0.717, 1.165) is 55.5 Å². The normalized spacial score (nSPS) is 22.2. The second-order valence-electron chi connectivity index (χ2n) is 7.32. The third-order valence-electron chi connectivity index (χ3n) is 5.19. The minimum atomic E-state index is 0.285. The zero-order chi connectivity index (χ0) is 18.4. The van der Waals surface area contributed by atoms with Crippen LogP contribution in [0.2, 0.25) is 0 Å². The second kappa shape index (κ2) is 9.38. The first kappa shape index (κ1) is 19.2. The van der Waals surface area contributed by atoms with Gasteiger partial charge in [0.1, 0.15) is 5.75 Å². The van der Waals surface area contributed by atoms with Crippen molar-refractivity contribution in [2.45, 2.75) is 45.1 Å². The van der Waals surface area contributed by atoms with Crippen LogP contribution in [0, 0.1) is 12.8 Å². The largest absolute Gasteiger partial charge is 0.495 e. The van der Waals surface area contributed by atoms with Crippen LogP contribution < -0.4 is 10.1 Å². The lowest BCUT2D eigenvalue weighted by molar-refractivity contribution is 0.0882. The monoisotopic (exact) mass is 374 g/mol. The quantitative estimate of drug-likeness (QED) is 0.584. The van der Waals surface area contributed by atoms with Crippen LogP contribution in [0.5, 0.6) is 5.75 Å². The predicted octanol–water partition coefficient (Wildman–Crippen LogP) is 4.54. The van der Waals surface area contributed by atoms with E-state index in [9.17, 15) is 0 Å². The fourth-order valence-electron chi connectivity index (χ4n) is 3.72. The summed E-state index contributed by atoms with van der Waals surface area (Å²) in [7, 11) is 1.69. The number of nitrogens with one attached hydrogen (secondary N) is 1. The summed E-state index contributed by atoms with van der Waals surface area (Å²) < 4.78 is 11.4. The lowest BCUT2D eigenvalue weighted by Crippen LogP contribution is -2.43. The van der Waals surface area contributed by atoms with Gasteiger partial charge in [-0.1, -0.05) is 18.2 Å². The molecule has 1 aromatic rings. The van der Waals surface area contributed by atoms with E-state index in [1.807, 2.05) is 12.1 Å². The summed E-state index contributed by atoms with van der Waals surface area (Å²) in [5.74, 6) is 1.47. The molecule has 3 rings (SSSR count). The van der Waals surface area contributed by atoms with Gasteiger partial charge in [0, 0.05) is 19.7 Å². The summed E-state index contributed by atoms with van der Waals surface area (Å²) in [4.78, 5) is 2.30. The van der Waals surface area contributed by atoms with Gasteiger partial charge < -0.3 is 19.7 Å². The van der Waals surface area contributed by atoms with Crippen molar-refractivity contribution in [3.8, 4) is 5.75 Å². The summed E-state index contributed by atoms with van der Waals surface area (Å²) in [6.45, 7) is 4.78. The standard InChI is InChI=1S/C21H30N2O2S/c1-16-10-11-20(24-2)19(13-16)22-21(26)23(15-18-9-6-12-25-18)14-17-7-4-3-5-8-17/h3-4,10-11,13,17-18H,5-9,12,14-15H2,1-2H3,(H,22,26). The van der Waals surface area contributed by atoms with Crippen LogP contribution in [-0.2, 0) is 4.74 Å². The van der Waals surface area contributed by atoms with Crippen molar-refractivity contribution in [1.82, 2.24) is 4.90 Å². The maximum Gasteiger partial charge on any atom is 0.173 e. The van der Waals surface area contributed by atoms with Crippen molar-refractivity contribution in [1.29, 1.82) is 0 Å². The van der Waals surface area contributed by atoms with Crippen molar-refractivity contribution >= 4 is 23.0 Å². The van der Waals surface area contributed by atoms with E-state index in [2.05, 4.69) is 35.4 Å². The highest BCUT2D eigenvalue weighted by Crippen LogP contribution is 2.27. The molecule has 2 atom stereocenters. The summed E-state index contributed by atoms with van der Waals surface area (Å²) in [6.07, 6.45) is 10.7. The Morgan fingerprint density at radius 1 is 1.31 bits per heavy atom. The van der Waals surface area contributed by atoms with Gasteiger partial charge in [-0.2, -0.15) is 0 Å². The van der Waals surface area contributed by atoms with Crippen LogP contribution >= 0.6 is 12.2 Å². The number of allylic oxidation sites excluding steroid dienone is 2. The van der Waals surface area contributed by atoms with E-state index in [4.69, 9.17) is 21.7 Å². The molecule has 0 radical (unpaired) electrons. The van der Waals surface area contributed by atoms with Crippen LogP contribution in [0.3, 0.4) is 0 Å². The number of nitrogens with zero attached hydrogens (tertiary/aromatic N) is 1. The maximum atomic E-state index is 5.87. The van der Waals surface area contributed by atoms with Crippen molar-refractivity contribution in [3.63, 3.8) is 0 Å². The molecule has 5 heteroatoms. The molecule has 0 saturated carbocycles. The number of aryl methyl sites for hydroxylation is 1. The molecule has 26 heavy (non-hydrogen) atoms. The number of anilines is 1. The predicted molar refractivity (Wildman–Crippen MR) is 111 cm³/mol. The van der Waals surface area contributed by atoms with Gasteiger partial charge in [0.2, 0.25) is 0 Å². The van der Waals surface area contributed by atoms with Gasteiger partial charge in [0.15, 0.2) is 5.11 Å². The Labute approximate surface area is 162 Å². The second-order valence-corrected chi connectivity index (χ2v) is 7.71. The Morgan fingerprint density at radius 2 is 2.19 bits per heavy atom. The zero-order valence-electron chi connectivity index (χ0n) is 15.9. The molecule has 142 valence electrons. The molecular formula is C21H30N2O2S. The van der Waals surface area contributed by atoms with Crippen LogP contribution in [-0.4, -0.2) is 42.9 Å². The van der Waals surface area contributed by atoms with Gasteiger partial charge in [0.05, 0.1) is 18.9 Å². The van der Waals surface area contributed by atoms with E-state index >= 15 is 0 Å². The Hall–Kier alpha value is -1.59. The minimum Gasteiger partial charge on any atom is -0.495 e. The number of thiocarbonyl (C=S) groups is 1. The number of benzene rings is 1. The van der Waals surface area contributed by atoms with Gasteiger partial charge in [0.25, 0.3) is 0 Å². The van der Waals surface area contributed by atoms with E-state index in [0.29, 0.717) is 5.92 Å². The molecule has 0 bridgehead atoms. The fraction of sp³-hybridized carbons (Fsp3) is 0.571. The molecule has 1 heterocycles. The molecule has 1 N–H and O–H groups in total. The van der Waals surface area contributed by atoms with Crippen LogP contribution in [0.1, 0.15) is 37.7 Å². The SMILES string of the molecule is COc1ccc(C)cc1NC(=S)N(CC1CC=CCC1)CC1CCCO1. The van der Waals surface area contributed by atoms with Gasteiger partial charge >= 0.3 is 0 Å².